The lowest BCUT2D eigenvalue weighted by molar-refractivity contribution is 0.254. The zero-order valence-corrected chi connectivity index (χ0v) is 7.08. The molecule has 1 radical (unpaired) electrons. The van der Waals surface area contributed by atoms with E-state index in [2.05, 4.69) is 26.4 Å². The van der Waals surface area contributed by atoms with Gasteiger partial charge in [0.1, 0.15) is 5.69 Å². The highest BCUT2D eigenvalue weighted by Crippen LogP contribution is 2.31. The summed E-state index contributed by atoms with van der Waals surface area (Å²) >= 11 is 3.32. The average molecular weight is 212 g/mol. The van der Waals surface area contributed by atoms with Gasteiger partial charge < -0.3 is 4.84 Å². The highest BCUT2D eigenvalue weighted by atomic mass is 79.9. The number of aliphatic imine (C=N–C) groups is 1. The van der Waals surface area contributed by atoms with Crippen molar-refractivity contribution in [3.63, 3.8) is 0 Å². The number of hydrogen-bond acceptors (Lipinski definition) is 2. The fourth-order valence-corrected chi connectivity index (χ4v) is 1.17. The minimum absolute atomic E-state index is 0.682. The summed E-state index contributed by atoms with van der Waals surface area (Å²) in [6.45, 7) is 0. The Morgan fingerprint density at radius 1 is 1.36 bits per heavy atom. The van der Waals surface area contributed by atoms with Crippen LogP contribution in [0.25, 0.3) is 0 Å². The number of rotatable bonds is 0. The van der Waals surface area contributed by atoms with Gasteiger partial charge in [0.2, 0.25) is 0 Å². The molecular weight excluding hydrogens is 208 g/mol. The molecule has 4 heteroatoms. The molecule has 0 aliphatic carbocycles. The summed E-state index contributed by atoms with van der Waals surface area (Å²) in [5, 5.41) is 0. The third-order valence-electron chi connectivity index (χ3n) is 1.32. The van der Waals surface area contributed by atoms with Gasteiger partial charge in [-0.3, -0.25) is 0 Å². The first-order valence-corrected chi connectivity index (χ1v) is 3.85. The number of hydroxylamine groups is 1. The first-order chi connectivity index (χ1) is 5.36. The standard InChI is InChI=1S/C7H4BrN2O/c8-5-1-2-6-7(3-5)11-10-4-9-6/h1-4H. The van der Waals surface area contributed by atoms with Crippen molar-refractivity contribution in [1.29, 1.82) is 0 Å². The summed E-state index contributed by atoms with van der Waals surface area (Å²) in [4.78, 5) is 8.95. The lowest BCUT2D eigenvalue weighted by Gasteiger charge is -2.08. The molecule has 0 fully saturated rings. The SMILES string of the molecule is Brc1ccc2c(c1)O[N]C=N2. The summed E-state index contributed by atoms with van der Waals surface area (Å²) < 4.78 is 0.962. The van der Waals surface area contributed by atoms with E-state index in [4.69, 9.17) is 4.84 Å². The Labute approximate surface area is 72.2 Å². The summed E-state index contributed by atoms with van der Waals surface area (Å²) in [5.41, 5.74) is 4.36. The van der Waals surface area contributed by atoms with Crippen molar-refractivity contribution in [3.05, 3.63) is 22.7 Å². The average Bonchev–Trinajstić information content (AvgIpc) is 2.04. The van der Waals surface area contributed by atoms with E-state index in [0.717, 1.165) is 10.2 Å². The Morgan fingerprint density at radius 2 is 2.27 bits per heavy atom. The van der Waals surface area contributed by atoms with Crippen LogP contribution < -0.4 is 10.3 Å². The van der Waals surface area contributed by atoms with Gasteiger partial charge in [-0.1, -0.05) is 21.4 Å². The van der Waals surface area contributed by atoms with Crippen molar-refractivity contribution < 1.29 is 4.84 Å². The summed E-state index contributed by atoms with van der Waals surface area (Å²) in [6, 6.07) is 5.60. The Morgan fingerprint density at radius 3 is 3.18 bits per heavy atom. The van der Waals surface area contributed by atoms with Crippen molar-refractivity contribution in [1.82, 2.24) is 5.48 Å². The molecular formula is C7H4BrN2O. The normalized spacial score (nSPS) is 13.2. The van der Waals surface area contributed by atoms with Gasteiger partial charge in [-0.05, 0) is 12.1 Å². The van der Waals surface area contributed by atoms with E-state index in [9.17, 15) is 0 Å². The smallest absolute Gasteiger partial charge is 0.184 e. The van der Waals surface area contributed by atoms with E-state index in [1.54, 1.807) is 0 Å². The summed E-state index contributed by atoms with van der Waals surface area (Å²) in [7, 11) is 0. The van der Waals surface area contributed by atoms with Crippen LogP contribution in [0.2, 0.25) is 0 Å². The molecule has 1 aromatic carbocycles. The van der Waals surface area contributed by atoms with Gasteiger partial charge in [0.15, 0.2) is 12.1 Å². The molecule has 0 saturated carbocycles. The van der Waals surface area contributed by atoms with E-state index < -0.39 is 0 Å². The zero-order valence-electron chi connectivity index (χ0n) is 5.49. The van der Waals surface area contributed by atoms with Crippen molar-refractivity contribution in [2.75, 3.05) is 0 Å². The van der Waals surface area contributed by atoms with Crippen LogP contribution in [0.1, 0.15) is 0 Å². The molecule has 1 aliphatic heterocycles. The van der Waals surface area contributed by atoms with E-state index in [1.807, 2.05) is 18.2 Å². The maximum atomic E-state index is 4.95. The third kappa shape index (κ3) is 1.21. The molecule has 1 aromatic rings. The number of fused-ring (bicyclic) bond motifs is 1. The molecule has 0 amide bonds. The molecule has 0 bridgehead atoms. The molecule has 2 rings (SSSR count). The molecule has 0 N–H and O–H groups in total. The van der Waals surface area contributed by atoms with Gasteiger partial charge in [-0.25, -0.2) is 4.99 Å². The molecule has 0 atom stereocenters. The summed E-state index contributed by atoms with van der Waals surface area (Å²) in [5.74, 6) is 0.682. The third-order valence-corrected chi connectivity index (χ3v) is 1.81. The van der Waals surface area contributed by atoms with E-state index in [1.165, 1.54) is 6.34 Å². The number of nitrogens with zero attached hydrogens (tertiary/aromatic N) is 2. The van der Waals surface area contributed by atoms with Crippen LogP contribution >= 0.6 is 15.9 Å². The minimum Gasteiger partial charge on any atom is -0.353 e. The Kier molecular flexibility index (Phi) is 1.54. The topological polar surface area (TPSA) is 35.7 Å². The van der Waals surface area contributed by atoms with E-state index in [0.29, 0.717) is 5.75 Å². The second-order valence-electron chi connectivity index (χ2n) is 2.05. The predicted molar refractivity (Wildman–Crippen MR) is 45.1 cm³/mol. The van der Waals surface area contributed by atoms with Gasteiger partial charge in [0.05, 0.1) is 0 Å². The Hall–Kier alpha value is -1.03. The van der Waals surface area contributed by atoms with Crippen molar-refractivity contribution in [2.24, 2.45) is 4.99 Å². The second-order valence-corrected chi connectivity index (χ2v) is 2.97. The maximum absolute atomic E-state index is 4.95. The number of hydrogen-bond donors (Lipinski definition) is 0. The number of halogens is 1. The first-order valence-electron chi connectivity index (χ1n) is 3.05. The lowest BCUT2D eigenvalue weighted by atomic mass is 10.3. The van der Waals surface area contributed by atoms with Gasteiger partial charge >= 0.3 is 0 Å². The van der Waals surface area contributed by atoms with Gasteiger partial charge in [0, 0.05) is 10.5 Å². The molecule has 0 spiro atoms. The van der Waals surface area contributed by atoms with Crippen molar-refractivity contribution in [2.45, 2.75) is 0 Å². The zero-order chi connectivity index (χ0) is 7.68. The molecule has 11 heavy (non-hydrogen) atoms. The van der Waals surface area contributed by atoms with Crippen molar-refractivity contribution >= 4 is 28.0 Å². The maximum Gasteiger partial charge on any atom is 0.184 e. The lowest BCUT2D eigenvalue weighted by Crippen LogP contribution is -2.10. The van der Waals surface area contributed by atoms with Crippen LogP contribution in [0.5, 0.6) is 5.75 Å². The monoisotopic (exact) mass is 211 g/mol. The predicted octanol–water partition coefficient (Wildman–Crippen LogP) is 2.02. The number of benzene rings is 1. The van der Waals surface area contributed by atoms with Gasteiger partial charge in [-0.15, -0.1) is 0 Å². The van der Waals surface area contributed by atoms with Gasteiger partial charge in [0.25, 0.3) is 0 Å². The quantitative estimate of drug-likeness (QED) is 0.647. The molecule has 55 valence electrons. The molecule has 0 saturated heterocycles. The largest absolute Gasteiger partial charge is 0.353 e. The van der Waals surface area contributed by atoms with E-state index in [-0.39, 0.29) is 0 Å². The van der Waals surface area contributed by atoms with Crippen LogP contribution in [0, 0.1) is 0 Å². The minimum atomic E-state index is 0.682. The Balaban J connectivity index is 2.53. The van der Waals surface area contributed by atoms with Crippen LogP contribution in [0.3, 0.4) is 0 Å². The van der Waals surface area contributed by atoms with Crippen molar-refractivity contribution in [3.8, 4) is 5.75 Å². The van der Waals surface area contributed by atoms with Crippen LogP contribution in [-0.2, 0) is 0 Å². The van der Waals surface area contributed by atoms with Gasteiger partial charge in [-0.2, -0.15) is 0 Å². The first kappa shape index (κ1) is 6.67. The van der Waals surface area contributed by atoms with E-state index >= 15 is 0 Å². The fraction of sp³-hybridized carbons (Fsp3) is 0. The highest BCUT2D eigenvalue weighted by Gasteiger charge is 2.07. The second kappa shape index (κ2) is 2.54. The molecule has 0 aromatic heterocycles. The van der Waals surface area contributed by atoms with Crippen LogP contribution in [-0.4, -0.2) is 6.34 Å². The van der Waals surface area contributed by atoms with Crippen LogP contribution in [0.4, 0.5) is 5.69 Å². The fourth-order valence-electron chi connectivity index (χ4n) is 0.834. The Bertz CT molecular complexity index is 311. The van der Waals surface area contributed by atoms with Crippen LogP contribution in [0.15, 0.2) is 27.7 Å². The molecule has 1 aliphatic rings. The summed E-state index contributed by atoms with van der Waals surface area (Å²) in [6.07, 6.45) is 1.39. The molecule has 1 heterocycles. The molecule has 3 nitrogen and oxygen atoms in total. The molecule has 0 unspecified atom stereocenters. The highest BCUT2D eigenvalue weighted by molar-refractivity contribution is 9.10.